The van der Waals surface area contributed by atoms with Crippen molar-refractivity contribution in [3.05, 3.63) is 53.3 Å². The van der Waals surface area contributed by atoms with Gasteiger partial charge in [0.05, 0.1) is 0 Å². The highest BCUT2D eigenvalue weighted by Crippen LogP contribution is 2.04. The molecular formula is C10H7BrClIS. The van der Waals surface area contributed by atoms with Crippen LogP contribution in [0.2, 0.25) is 5.02 Å². The maximum absolute atomic E-state index is 5.81. The summed E-state index contributed by atoms with van der Waals surface area (Å²) < 4.78 is 2.92. The average molecular weight is 401 g/mol. The van der Waals surface area contributed by atoms with Crippen molar-refractivity contribution in [2.45, 2.75) is 0 Å². The van der Waals surface area contributed by atoms with Gasteiger partial charge >= 0.3 is 21.2 Å². The highest BCUT2D eigenvalue weighted by molar-refractivity contribution is 7.07. The highest BCUT2D eigenvalue weighted by atomic mass is 127. The molecule has 0 atom stereocenters. The second-order valence-corrected chi connectivity index (χ2v) is 7.51. The van der Waals surface area contributed by atoms with Crippen LogP contribution in [0.3, 0.4) is 0 Å². The van der Waals surface area contributed by atoms with E-state index in [1.165, 1.54) is 6.45 Å². The van der Waals surface area contributed by atoms with E-state index in [2.05, 4.69) is 29.6 Å². The lowest BCUT2D eigenvalue weighted by Crippen LogP contribution is -3.61. The van der Waals surface area contributed by atoms with Gasteiger partial charge in [0.15, 0.2) is 3.57 Å². The molecule has 0 N–H and O–H groups in total. The molecule has 0 aliphatic rings. The van der Waals surface area contributed by atoms with Gasteiger partial charge in [-0.05, 0) is 35.7 Å². The summed E-state index contributed by atoms with van der Waals surface area (Å²) in [5.74, 6) is 0. The van der Waals surface area contributed by atoms with Gasteiger partial charge in [-0.3, -0.25) is 0 Å². The predicted molar refractivity (Wildman–Crippen MR) is 53.2 cm³/mol. The minimum atomic E-state index is 0. The van der Waals surface area contributed by atoms with Crippen LogP contribution in [0.1, 0.15) is 0 Å². The summed E-state index contributed by atoms with van der Waals surface area (Å²) in [5.41, 5.74) is 0. The van der Waals surface area contributed by atoms with E-state index in [0.29, 0.717) is 0 Å². The number of benzene rings is 1. The maximum atomic E-state index is 5.81. The first kappa shape index (κ1) is 12.5. The maximum Gasteiger partial charge on any atom is 0.369 e. The Bertz CT molecular complexity index is 372. The summed E-state index contributed by atoms with van der Waals surface area (Å²) in [6, 6.07) is 12.5. The van der Waals surface area contributed by atoms with Crippen molar-refractivity contribution in [1.82, 2.24) is 0 Å². The Morgan fingerprint density at radius 1 is 1.07 bits per heavy atom. The quantitative estimate of drug-likeness (QED) is 0.490. The lowest BCUT2D eigenvalue weighted by molar-refractivity contribution is -0.591. The molecule has 1 aromatic carbocycles. The van der Waals surface area contributed by atoms with E-state index in [4.69, 9.17) is 11.6 Å². The number of halogens is 3. The standard InChI is InChI=1S/C10H7ClIS.BrH/c11-8-3-5-9(6-4-8)12-10-2-1-7-13-10;/h1-7H;1H/q+1;/p-1. The first-order valence-corrected chi connectivity index (χ1v) is 7.20. The first-order valence-electron chi connectivity index (χ1n) is 3.78. The predicted octanol–water partition coefficient (Wildman–Crippen LogP) is -2.47. The van der Waals surface area contributed by atoms with Crippen LogP contribution in [0.25, 0.3) is 0 Å². The summed E-state index contributed by atoms with van der Waals surface area (Å²) in [5, 5.41) is 2.95. The molecule has 0 fully saturated rings. The highest BCUT2D eigenvalue weighted by Gasteiger charge is 2.15. The molecule has 0 spiro atoms. The lowest BCUT2D eigenvalue weighted by atomic mass is 10.4. The minimum absolute atomic E-state index is 0. The number of thiophene rings is 1. The summed E-state index contributed by atoms with van der Waals surface area (Å²) in [6.07, 6.45) is 0. The molecule has 4 heteroatoms. The van der Waals surface area contributed by atoms with Crippen LogP contribution < -0.4 is 38.2 Å². The Kier molecular flexibility index (Phi) is 5.44. The fourth-order valence-electron chi connectivity index (χ4n) is 0.912. The fraction of sp³-hybridized carbons (Fsp3) is 0. The molecular weight excluding hydrogens is 394 g/mol. The molecule has 1 aromatic heterocycles. The third-order valence-corrected chi connectivity index (χ3v) is 5.91. The largest absolute Gasteiger partial charge is 1.00 e. The molecule has 0 nitrogen and oxygen atoms in total. The van der Waals surface area contributed by atoms with Crippen LogP contribution >= 0.6 is 22.9 Å². The van der Waals surface area contributed by atoms with Crippen LogP contribution in [-0.4, -0.2) is 0 Å². The molecule has 0 saturated carbocycles. The second-order valence-electron chi connectivity index (χ2n) is 2.45. The SMILES string of the molecule is Clc1ccc([I+]c2cccs2)cc1.[Br-]. The van der Waals surface area contributed by atoms with E-state index in [9.17, 15) is 0 Å². The number of hydrogen-bond donors (Lipinski definition) is 0. The van der Waals surface area contributed by atoms with Crippen molar-refractivity contribution in [1.29, 1.82) is 0 Å². The van der Waals surface area contributed by atoms with Crippen LogP contribution in [0.5, 0.6) is 0 Å². The Balaban J connectivity index is 0.000000980. The van der Waals surface area contributed by atoms with E-state index in [1.54, 1.807) is 0 Å². The zero-order chi connectivity index (χ0) is 9.10. The topological polar surface area (TPSA) is 0 Å². The Morgan fingerprint density at radius 2 is 1.79 bits per heavy atom. The summed E-state index contributed by atoms with van der Waals surface area (Å²) >= 11 is 7.66. The van der Waals surface area contributed by atoms with Crippen molar-refractivity contribution < 1.29 is 38.2 Å². The van der Waals surface area contributed by atoms with Crippen molar-refractivity contribution in [2.75, 3.05) is 0 Å². The molecule has 0 aliphatic heterocycles. The molecule has 0 amide bonds. The molecule has 0 bridgehead atoms. The van der Waals surface area contributed by atoms with Gasteiger partial charge in [0, 0.05) is 11.1 Å². The molecule has 2 rings (SSSR count). The van der Waals surface area contributed by atoms with Crippen molar-refractivity contribution in [3.8, 4) is 0 Å². The minimum Gasteiger partial charge on any atom is -1.00 e. The molecule has 0 radical (unpaired) electrons. The third kappa shape index (κ3) is 3.53. The molecule has 2 aromatic rings. The van der Waals surface area contributed by atoms with Gasteiger partial charge in [-0.25, -0.2) is 0 Å². The van der Waals surface area contributed by atoms with E-state index < -0.39 is 0 Å². The molecule has 1 heterocycles. The van der Waals surface area contributed by atoms with Gasteiger partial charge in [-0.15, -0.1) is 0 Å². The van der Waals surface area contributed by atoms with Crippen LogP contribution in [0.15, 0.2) is 41.8 Å². The zero-order valence-corrected chi connectivity index (χ0v) is 12.4. The van der Waals surface area contributed by atoms with Gasteiger partial charge in [0.25, 0.3) is 0 Å². The molecule has 0 unspecified atom stereocenters. The number of hydrogen-bond acceptors (Lipinski definition) is 1. The summed E-state index contributed by atoms with van der Waals surface area (Å²) in [7, 11) is 0. The molecule has 0 aliphatic carbocycles. The van der Waals surface area contributed by atoms with Gasteiger partial charge in [-0.1, -0.05) is 22.9 Å². The van der Waals surface area contributed by atoms with Gasteiger partial charge in [0.2, 0.25) is 2.88 Å². The monoisotopic (exact) mass is 400 g/mol. The first-order chi connectivity index (χ1) is 6.34. The smallest absolute Gasteiger partial charge is 0.369 e. The van der Waals surface area contributed by atoms with Crippen LogP contribution in [0.4, 0.5) is 0 Å². The van der Waals surface area contributed by atoms with Crippen LogP contribution in [-0.2, 0) is 0 Å². The van der Waals surface area contributed by atoms with Crippen LogP contribution in [0, 0.1) is 6.45 Å². The van der Waals surface area contributed by atoms with E-state index >= 15 is 0 Å². The molecule has 74 valence electrons. The zero-order valence-electron chi connectivity index (χ0n) is 7.08. The van der Waals surface area contributed by atoms with E-state index in [0.717, 1.165) is 5.02 Å². The lowest BCUT2D eigenvalue weighted by Gasteiger charge is -1.85. The van der Waals surface area contributed by atoms with Crippen molar-refractivity contribution in [3.63, 3.8) is 0 Å². The fourth-order valence-corrected chi connectivity index (χ4v) is 4.67. The Morgan fingerprint density at radius 3 is 2.36 bits per heavy atom. The van der Waals surface area contributed by atoms with Gasteiger partial charge < -0.3 is 17.0 Å². The summed E-state index contributed by atoms with van der Waals surface area (Å²) in [4.78, 5) is 0. The Labute approximate surface area is 113 Å². The normalized spacial score (nSPS) is 9.50. The average Bonchev–Trinajstić information content (AvgIpc) is 2.62. The van der Waals surface area contributed by atoms with Crippen molar-refractivity contribution in [2.24, 2.45) is 0 Å². The van der Waals surface area contributed by atoms with Gasteiger partial charge in [-0.2, -0.15) is 0 Å². The third-order valence-electron chi connectivity index (χ3n) is 1.49. The second kappa shape index (κ2) is 6.10. The van der Waals surface area contributed by atoms with E-state index in [1.807, 2.05) is 23.5 Å². The summed E-state index contributed by atoms with van der Waals surface area (Å²) in [6.45, 7) is 0. The van der Waals surface area contributed by atoms with Crippen molar-refractivity contribution >= 4 is 22.9 Å². The number of rotatable bonds is 2. The van der Waals surface area contributed by atoms with E-state index in [-0.39, 0.29) is 38.2 Å². The van der Waals surface area contributed by atoms with Gasteiger partial charge in [0.1, 0.15) is 0 Å². The molecule has 14 heavy (non-hydrogen) atoms. The Hall–Kier alpha value is 0.420. The molecule has 0 saturated heterocycles.